The van der Waals surface area contributed by atoms with E-state index in [2.05, 4.69) is 15.5 Å². The molecule has 1 amide bonds. The Morgan fingerprint density at radius 2 is 2.08 bits per heavy atom. The minimum absolute atomic E-state index is 0.0636. The van der Waals surface area contributed by atoms with Gasteiger partial charge in [-0.1, -0.05) is 36.7 Å². The molecule has 128 valence electrons. The van der Waals surface area contributed by atoms with Gasteiger partial charge in [0.1, 0.15) is 5.75 Å². The van der Waals surface area contributed by atoms with Crippen molar-refractivity contribution in [3.63, 3.8) is 0 Å². The summed E-state index contributed by atoms with van der Waals surface area (Å²) >= 11 is 1.40. The van der Waals surface area contributed by atoms with E-state index < -0.39 is 0 Å². The lowest BCUT2D eigenvalue weighted by atomic mass is 10.2. The number of aromatic nitrogens is 3. The fraction of sp³-hybridized carbons (Fsp3) is 0.471. The Bertz CT molecular complexity index is 710. The summed E-state index contributed by atoms with van der Waals surface area (Å²) in [6.45, 7) is 0. The second-order valence-electron chi connectivity index (χ2n) is 5.90. The van der Waals surface area contributed by atoms with E-state index in [0.717, 1.165) is 35.1 Å². The van der Waals surface area contributed by atoms with Crippen LogP contribution in [0.4, 0.5) is 0 Å². The van der Waals surface area contributed by atoms with E-state index in [0.29, 0.717) is 11.8 Å². The molecule has 2 aromatic rings. The van der Waals surface area contributed by atoms with E-state index in [9.17, 15) is 4.79 Å². The van der Waals surface area contributed by atoms with Crippen LogP contribution in [-0.2, 0) is 11.8 Å². The molecule has 0 aliphatic heterocycles. The standard InChI is InChI=1S/C17H22N4O2S/c1-21-16(13-9-5-6-10-14(13)23-2)19-20-17(21)24-11-15(22)18-12-7-3-4-8-12/h5-6,9-10,12H,3-4,7-8,11H2,1-2H3,(H,18,22). The van der Waals surface area contributed by atoms with E-state index in [-0.39, 0.29) is 5.91 Å². The molecular weight excluding hydrogens is 324 g/mol. The van der Waals surface area contributed by atoms with Crippen molar-refractivity contribution < 1.29 is 9.53 Å². The molecule has 0 saturated heterocycles. The monoisotopic (exact) mass is 346 g/mol. The summed E-state index contributed by atoms with van der Waals surface area (Å²) in [5.41, 5.74) is 0.886. The maximum absolute atomic E-state index is 12.1. The summed E-state index contributed by atoms with van der Waals surface area (Å²) in [7, 11) is 3.54. The number of hydrogen-bond acceptors (Lipinski definition) is 5. The zero-order valence-corrected chi connectivity index (χ0v) is 14.8. The van der Waals surface area contributed by atoms with Crippen molar-refractivity contribution in [2.75, 3.05) is 12.9 Å². The molecule has 3 rings (SSSR count). The fourth-order valence-electron chi connectivity index (χ4n) is 2.97. The summed E-state index contributed by atoms with van der Waals surface area (Å²) in [5.74, 6) is 1.90. The van der Waals surface area contributed by atoms with Gasteiger partial charge in [0.05, 0.1) is 18.4 Å². The van der Waals surface area contributed by atoms with Gasteiger partial charge in [0, 0.05) is 13.1 Å². The number of thioether (sulfide) groups is 1. The normalized spacial score (nSPS) is 14.8. The molecular formula is C17H22N4O2S. The van der Waals surface area contributed by atoms with Crippen LogP contribution in [0.15, 0.2) is 29.4 Å². The number of benzene rings is 1. The molecule has 0 bridgehead atoms. The minimum Gasteiger partial charge on any atom is -0.496 e. The van der Waals surface area contributed by atoms with Crippen molar-refractivity contribution in [1.29, 1.82) is 0 Å². The SMILES string of the molecule is COc1ccccc1-c1nnc(SCC(=O)NC2CCCC2)n1C. The molecule has 1 aliphatic carbocycles. The third kappa shape index (κ3) is 3.72. The molecule has 1 aromatic carbocycles. The summed E-state index contributed by atoms with van der Waals surface area (Å²) < 4.78 is 7.28. The molecule has 0 radical (unpaired) electrons. The van der Waals surface area contributed by atoms with E-state index in [1.165, 1.54) is 24.6 Å². The summed E-state index contributed by atoms with van der Waals surface area (Å²) in [5, 5.41) is 12.3. The van der Waals surface area contributed by atoms with Gasteiger partial charge in [-0.05, 0) is 25.0 Å². The van der Waals surface area contributed by atoms with Gasteiger partial charge >= 0.3 is 0 Å². The van der Waals surface area contributed by atoms with Crippen molar-refractivity contribution >= 4 is 17.7 Å². The van der Waals surface area contributed by atoms with Crippen molar-refractivity contribution in [3.05, 3.63) is 24.3 Å². The number of nitrogens with zero attached hydrogens (tertiary/aromatic N) is 3. The molecule has 0 spiro atoms. The first-order chi connectivity index (χ1) is 11.7. The van der Waals surface area contributed by atoms with Gasteiger partial charge in [0.2, 0.25) is 5.91 Å². The fourth-order valence-corrected chi connectivity index (χ4v) is 3.70. The van der Waals surface area contributed by atoms with Crippen LogP contribution >= 0.6 is 11.8 Å². The van der Waals surface area contributed by atoms with Gasteiger partial charge in [-0.3, -0.25) is 4.79 Å². The highest BCUT2D eigenvalue weighted by Crippen LogP contribution is 2.29. The number of carbonyl (C=O) groups is 1. The Morgan fingerprint density at radius 3 is 2.83 bits per heavy atom. The number of ether oxygens (including phenoxy) is 1. The van der Waals surface area contributed by atoms with Crippen molar-refractivity contribution in [3.8, 4) is 17.1 Å². The Balaban J connectivity index is 1.65. The zero-order chi connectivity index (χ0) is 16.9. The van der Waals surface area contributed by atoms with E-state index in [1.54, 1.807) is 7.11 Å². The van der Waals surface area contributed by atoms with Gasteiger partial charge in [-0.15, -0.1) is 10.2 Å². The molecule has 1 aliphatic rings. The molecule has 1 fully saturated rings. The van der Waals surface area contributed by atoms with Crippen LogP contribution in [0.25, 0.3) is 11.4 Å². The van der Waals surface area contributed by atoms with Crippen LogP contribution in [0, 0.1) is 0 Å². The minimum atomic E-state index is 0.0636. The molecule has 6 nitrogen and oxygen atoms in total. The molecule has 7 heteroatoms. The zero-order valence-electron chi connectivity index (χ0n) is 14.0. The van der Waals surface area contributed by atoms with Crippen molar-refractivity contribution in [2.45, 2.75) is 36.9 Å². The number of rotatable bonds is 6. The lowest BCUT2D eigenvalue weighted by Crippen LogP contribution is -2.33. The first-order valence-electron chi connectivity index (χ1n) is 8.14. The van der Waals surface area contributed by atoms with Crippen LogP contribution in [-0.4, -0.2) is 39.6 Å². The van der Waals surface area contributed by atoms with Crippen LogP contribution in [0.5, 0.6) is 5.75 Å². The average molecular weight is 346 g/mol. The number of hydrogen-bond donors (Lipinski definition) is 1. The highest BCUT2D eigenvalue weighted by Gasteiger charge is 2.19. The predicted octanol–water partition coefficient (Wildman–Crippen LogP) is 2.64. The second kappa shape index (κ2) is 7.70. The highest BCUT2D eigenvalue weighted by atomic mass is 32.2. The van der Waals surface area contributed by atoms with Crippen molar-refractivity contribution in [1.82, 2.24) is 20.1 Å². The van der Waals surface area contributed by atoms with Crippen LogP contribution < -0.4 is 10.1 Å². The topological polar surface area (TPSA) is 69.0 Å². The van der Waals surface area contributed by atoms with Crippen molar-refractivity contribution in [2.24, 2.45) is 7.05 Å². The third-order valence-electron chi connectivity index (χ3n) is 4.24. The number of methoxy groups -OCH3 is 1. The largest absolute Gasteiger partial charge is 0.496 e. The summed E-state index contributed by atoms with van der Waals surface area (Å²) in [6, 6.07) is 8.05. The maximum Gasteiger partial charge on any atom is 0.230 e. The third-order valence-corrected chi connectivity index (χ3v) is 5.26. The van der Waals surface area contributed by atoms with Crippen LogP contribution in [0.3, 0.4) is 0 Å². The number of nitrogens with one attached hydrogen (secondary N) is 1. The lowest BCUT2D eigenvalue weighted by Gasteiger charge is -2.11. The predicted molar refractivity (Wildman–Crippen MR) is 94.1 cm³/mol. The Kier molecular flexibility index (Phi) is 5.40. The maximum atomic E-state index is 12.1. The molecule has 1 heterocycles. The number of amides is 1. The Labute approximate surface area is 146 Å². The first-order valence-corrected chi connectivity index (χ1v) is 9.12. The van der Waals surface area contributed by atoms with Gasteiger partial charge in [-0.2, -0.15) is 0 Å². The molecule has 24 heavy (non-hydrogen) atoms. The quantitative estimate of drug-likeness (QED) is 0.815. The number of carbonyl (C=O) groups excluding carboxylic acids is 1. The van der Waals surface area contributed by atoms with E-state index in [1.807, 2.05) is 35.9 Å². The smallest absolute Gasteiger partial charge is 0.230 e. The van der Waals surface area contributed by atoms with E-state index >= 15 is 0 Å². The number of para-hydroxylation sites is 1. The van der Waals surface area contributed by atoms with E-state index in [4.69, 9.17) is 4.74 Å². The van der Waals surface area contributed by atoms with Gasteiger partial charge in [0.25, 0.3) is 0 Å². The molecule has 1 N–H and O–H groups in total. The average Bonchev–Trinajstić information content (AvgIpc) is 3.23. The molecule has 1 saturated carbocycles. The Hall–Kier alpha value is -2.02. The van der Waals surface area contributed by atoms with Gasteiger partial charge in [-0.25, -0.2) is 0 Å². The highest BCUT2D eigenvalue weighted by molar-refractivity contribution is 7.99. The van der Waals surface area contributed by atoms with Crippen LogP contribution in [0.1, 0.15) is 25.7 Å². The van der Waals surface area contributed by atoms with Crippen LogP contribution in [0.2, 0.25) is 0 Å². The summed E-state index contributed by atoms with van der Waals surface area (Å²) in [4.78, 5) is 12.1. The molecule has 0 atom stereocenters. The molecule has 0 unspecified atom stereocenters. The molecule has 1 aromatic heterocycles. The van der Waals surface area contributed by atoms with Gasteiger partial charge in [0.15, 0.2) is 11.0 Å². The van der Waals surface area contributed by atoms with Gasteiger partial charge < -0.3 is 14.6 Å². The first kappa shape index (κ1) is 16.8. The summed E-state index contributed by atoms with van der Waals surface area (Å²) in [6.07, 6.45) is 4.62. The lowest BCUT2D eigenvalue weighted by molar-refractivity contribution is -0.119. The second-order valence-corrected chi connectivity index (χ2v) is 6.85. The Morgan fingerprint density at radius 1 is 1.33 bits per heavy atom.